The number of amides is 1. The van der Waals surface area contributed by atoms with Gasteiger partial charge in [0.25, 0.3) is 5.91 Å². The molecular formula is C26H24N2O5. The minimum Gasteiger partial charge on any atom is -0.497 e. The Balaban J connectivity index is 1.48. The number of nitrogens with one attached hydrogen (secondary N) is 1. The number of carbonyl (C=O) groups excluding carboxylic acids is 2. The molecule has 0 bridgehead atoms. The number of carbonyl (C=O) groups is 2. The zero-order chi connectivity index (χ0) is 23.5. The molecule has 7 nitrogen and oxygen atoms in total. The van der Waals surface area contributed by atoms with E-state index in [9.17, 15) is 9.59 Å². The minimum atomic E-state index is -0.512. The van der Waals surface area contributed by atoms with Crippen LogP contribution in [0.25, 0.3) is 6.08 Å². The number of aryl methyl sites for hydroxylation is 1. The Kier molecular flexibility index (Phi) is 8.36. The van der Waals surface area contributed by atoms with E-state index in [1.54, 1.807) is 55.7 Å². The van der Waals surface area contributed by atoms with E-state index >= 15 is 0 Å². The topological polar surface area (TPSA) is 86.2 Å². The molecular weight excluding hydrogens is 420 g/mol. The van der Waals surface area contributed by atoms with Crippen molar-refractivity contribution in [2.24, 2.45) is 5.10 Å². The lowest BCUT2D eigenvalue weighted by Gasteiger charge is -2.05. The summed E-state index contributed by atoms with van der Waals surface area (Å²) >= 11 is 0. The highest BCUT2D eigenvalue weighted by molar-refractivity contribution is 5.89. The van der Waals surface area contributed by atoms with Gasteiger partial charge in [-0.3, -0.25) is 4.79 Å². The van der Waals surface area contributed by atoms with Crippen LogP contribution >= 0.6 is 0 Å². The fourth-order valence-corrected chi connectivity index (χ4v) is 2.75. The van der Waals surface area contributed by atoms with Gasteiger partial charge in [0.1, 0.15) is 17.2 Å². The fourth-order valence-electron chi connectivity index (χ4n) is 2.75. The quantitative estimate of drug-likeness (QED) is 0.176. The summed E-state index contributed by atoms with van der Waals surface area (Å²) in [6, 6.07) is 21.5. The van der Waals surface area contributed by atoms with Crippen molar-refractivity contribution in [3.63, 3.8) is 0 Å². The molecule has 0 heterocycles. The highest BCUT2D eigenvalue weighted by Gasteiger charge is 2.03. The average Bonchev–Trinajstić information content (AvgIpc) is 2.82. The van der Waals surface area contributed by atoms with Gasteiger partial charge in [-0.05, 0) is 66.1 Å². The number of ether oxygens (including phenoxy) is 3. The molecule has 3 aromatic carbocycles. The van der Waals surface area contributed by atoms with Gasteiger partial charge in [-0.2, -0.15) is 5.10 Å². The van der Waals surface area contributed by atoms with E-state index in [1.807, 2.05) is 37.3 Å². The van der Waals surface area contributed by atoms with Crippen molar-refractivity contribution in [1.82, 2.24) is 5.43 Å². The number of methoxy groups -OCH3 is 1. The highest BCUT2D eigenvalue weighted by atomic mass is 16.5. The molecule has 0 aliphatic carbocycles. The first-order valence-electron chi connectivity index (χ1n) is 10.2. The lowest BCUT2D eigenvalue weighted by molar-refractivity contribution is -0.129. The van der Waals surface area contributed by atoms with E-state index < -0.39 is 5.97 Å². The Morgan fingerprint density at radius 3 is 2.42 bits per heavy atom. The molecule has 0 saturated carbocycles. The summed E-state index contributed by atoms with van der Waals surface area (Å²) in [5, 5.41) is 3.91. The Labute approximate surface area is 192 Å². The molecule has 0 spiro atoms. The van der Waals surface area contributed by atoms with Gasteiger partial charge in [0.2, 0.25) is 0 Å². The van der Waals surface area contributed by atoms with Crippen LogP contribution in [0.5, 0.6) is 17.2 Å². The van der Waals surface area contributed by atoms with Crippen molar-refractivity contribution >= 4 is 24.2 Å². The molecule has 0 aliphatic rings. The molecule has 33 heavy (non-hydrogen) atoms. The zero-order valence-electron chi connectivity index (χ0n) is 18.4. The molecule has 0 radical (unpaired) electrons. The molecule has 3 aromatic rings. The average molecular weight is 444 g/mol. The molecule has 168 valence electrons. The largest absolute Gasteiger partial charge is 0.497 e. The van der Waals surface area contributed by atoms with Gasteiger partial charge in [-0.15, -0.1) is 0 Å². The fraction of sp³-hybridized carbons (Fsp3) is 0.115. The summed E-state index contributed by atoms with van der Waals surface area (Å²) < 4.78 is 15.9. The maximum absolute atomic E-state index is 12.1. The van der Waals surface area contributed by atoms with Gasteiger partial charge < -0.3 is 14.2 Å². The summed E-state index contributed by atoms with van der Waals surface area (Å²) in [7, 11) is 1.59. The number of hydrogen-bond acceptors (Lipinski definition) is 6. The third-order valence-electron chi connectivity index (χ3n) is 4.37. The van der Waals surface area contributed by atoms with Gasteiger partial charge in [0.15, 0.2) is 6.61 Å². The maximum Gasteiger partial charge on any atom is 0.336 e. The summed E-state index contributed by atoms with van der Waals surface area (Å²) in [6.07, 6.45) is 4.45. The molecule has 0 aliphatic heterocycles. The number of nitrogens with zero attached hydrogens (tertiary/aromatic N) is 1. The van der Waals surface area contributed by atoms with Crippen molar-refractivity contribution < 1.29 is 23.8 Å². The van der Waals surface area contributed by atoms with Crippen LogP contribution in [0.1, 0.15) is 16.7 Å². The second kappa shape index (κ2) is 11.9. The van der Waals surface area contributed by atoms with Gasteiger partial charge in [0, 0.05) is 6.08 Å². The summed E-state index contributed by atoms with van der Waals surface area (Å²) in [4.78, 5) is 24.0. The van der Waals surface area contributed by atoms with E-state index in [1.165, 1.54) is 12.3 Å². The summed E-state index contributed by atoms with van der Waals surface area (Å²) in [5.74, 6) is 0.811. The molecule has 3 rings (SSSR count). The van der Waals surface area contributed by atoms with E-state index in [0.29, 0.717) is 17.1 Å². The minimum absolute atomic E-state index is 0.154. The van der Waals surface area contributed by atoms with Gasteiger partial charge >= 0.3 is 5.97 Å². The Morgan fingerprint density at radius 2 is 1.67 bits per heavy atom. The first-order valence-corrected chi connectivity index (χ1v) is 10.2. The van der Waals surface area contributed by atoms with Crippen LogP contribution in [0.2, 0.25) is 0 Å². The molecule has 0 atom stereocenters. The normalized spacial score (nSPS) is 10.8. The monoisotopic (exact) mass is 444 g/mol. The summed E-state index contributed by atoms with van der Waals surface area (Å²) in [5.41, 5.74) is 4.94. The van der Waals surface area contributed by atoms with Gasteiger partial charge in [0.05, 0.1) is 13.3 Å². The van der Waals surface area contributed by atoms with E-state index in [-0.39, 0.29) is 12.5 Å². The van der Waals surface area contributed by atoms with E-state index in [0.717, 1.165) is 16.9 Å². The van der Waals surface area contributed by atoms with Crippen molar-refractivity contribution in [3.8, 4) is 17.2 Å². The van der Waals surface area contributed by atoms with Gasteiger partial charge in [-0.1, -0.05) is 36.4 Å². The smallest absolute Gasteiger partial charge is 0.336 e. The van der Waals surface area contributed by atoms with Crippen molar-refractivity contribution in [1.29, 1.82) is 0 Å². The predicted octanol–water partition coefficient (Wildman–Crippen LogP) is 4.15. The van der Waals surface area contributed by atoms with Crippen LogP contribution < -0.4 is 19.6 Å². The second-order valence-corrected chi connectivity index (χ2v) is 7.00. The van der Waals surface area contributed by atoms with Crippen LogP contribution in [0.3, 0.4) is 0 Å². The molecule has 0 fully saturated rings. The SMILES string of the molecule is COc1ccc(/C=C/C(=O)Oc2cccc(/C=N\NC(=O)COc3cccc(C)c3)c2)cc1. The highest BCUT2D eigenvalue weighted by Crippen LogP contribution is 2.15. The first-order chi connectivity index (χ1) is 16.0. The van der Waals surface area contributed by atoms with Crippen LogP contribution in [-0.2, 0) is 9.59 Å². The van der Waals surface area contributed by atoms with Gasteiger partial charge in [-0.25, -0.2) is 10.2 Å². The molecule has 0 aromatic heterocycles. The Bertz CT molecular complexity index is 1150. The number of esters is 1. The third kappa shape index (κ3) is 7.99. The Hall–Kier alpha value is -4.39. The lowest BCUT2D eigenvalue weighted by atomic mass is 10.2. The predicted molar refractivity (Wildman–Crippen MR) is 127 cm³/mol. The van der Waals surface area contributed by atoms with E-state index in [2.05, 4.69) is 10.5 Å². The van der Waals surface area contributed by atoms with Crippen molar-refractivity contribution in [2.75, 3.05) is 13.7 Å². The number of rotatable bonds is 9. The molecule has 1 N–H and O–H groups in total. The lowest BCUT2D eigenvalue weighted by Crippen LogP contribution is -2.24. The summed E-state index contributed by atoms with van der Waals surface area (Å²) in [6.45, 7) is 1.79. The van der Waals surface area contributed by atoms with E-state index in [4.69, 9.17) is 14.2 Å². The molecule has 1 amide bonds. The first kappa shape index (κ1) is 23.3. The van der Waals surface area contributed by atoms with Crippen molar-refractivity contribution in [3.05, 3.63) is 95.6 Å². The molecule has 7 heteroatoms. The maximum atomic E-state index is 12.1. The standard InChI is InChI=1S/C26H24N2O5/c1-19-5-3-7-23(15-19)32-18-25(29)28-27-17-21-6-4-8-24(16-21)33-26(30)14-11-20-9-12-22(31-2)13-10-20/h3-17H,18H2,1-2H3,(H,28,29)/b14-11+,27-17-. The zero-order valence-corrected chi connectivity index (χ0v) is 18.4. The Morgan fingerprint density at radius 1 is 0.909 bits per heavy atom. The molecule has 0 unspecified atom stereocenters. The number of benzene rings is 3. The van der Waals surface area contributed by atoms with Crippen LogP contribution in [0.15, 0.2) is 84.0 Å². The van der Waals surface area contributed by atoms with Crippen LogP contribution in [0.4, 0.5) is 0 Å². The van der Waals surface area contributed by atoms with Crippen LogP contribution in [-0.4, -0.2) is 31.8 Å². The molecule has 0 saturated heterocycles. The number of hydrazone groups is 1. The van der Waals surface area contributed by atoms with Crippen LogP contribution in [0, 0.1) is 6.92 Å². The third-order valence-corrected chi connectivity index (χ3v) is 4.37. The second-order valence-electron chi connectivity index (χ2n) is 7.00. The van der Waals surface area contributed by atoms with Crippen molar-refractivity contribution in [2.45, 2.75) is 6.92 Å². The number of hydrogen-bond donors (Lipinski definition) is 1.